The molecule has 0 aromatic carbocycles. The monoisotopic (exact) mass is 209 g/mol. The third kappa shape index (κ3) is 2.21. The summed E-state index contributed by atoms with van der Waals surface area (Å²) in [4.78, 5) is 0. The molecule has 0 spiro atoms. The van der Waals surface area contributed by atoms with Crippen LogP contribution in [0.4, 0.5) is 0 Å². The van der Waals surface area contributed by atoms with Gasteiger partial charge in [0.1, 0.15) is 0 Å². The van der Waals surface area contributed by atoms with E-state index in [1.165, 1.54) is 38.5 Å². The van der Waals surface area contributed by atoms with Gasteiger partial charge >= 0.3 is 0 Å². The van der Waals surface area contributed by atoms with Crippen molar-refractivity contribution in [2.75, 3.05) is 6.61 Å². The van der Waals surface area contributed by atoms with Crippen LogP contribution in [0.5, 0.6) is 0 Å². The summed E-state index contributed by atoms with van der Waals surface area (Å²) < 4.78 is 5.99. The van der Waals surface area contributed by atoms with Crippen molar-refractivity contribution in [1.82, 2.24) is 0 Å². The van der Waals surface area contributed by atoms with Crippen molar-refractivity contribution < 1.29 is 4.74 Å². The van der Waals surface area contributed by atoms with Crippen LogP contribution in [0.25, 0.3) is 0 Å². The van der Waals surface area contributed by atoms with Gasteiger partial charge in [-0.3, -0.25) is 0 Å². The molecular weight excluding hydrogens is 186 g/mol. The minimum Gasteiger partial charge on any atom is -0.378 e. The molecule has 0 heterocycles. The molecule has 3 rings (SSSR count). The molecule has 2 heteroatoms. The first kappa shape index (κ1) is 10.1. The van der Waals surface area contributed by atoms with Crippen LogP contribution >= 0.6 is 0 Å². The molecule has 86 valence electrons. The molecule has 0 bridgehead atoms. The Morgan fingerprint density at radius 3 is 2.33 bits per heavy atom. The van der Waals surface area contributed by atoms with E-state index in [2.05, 4.69) is 6.92 Å². The zero-order valence-electron chi connectivity index (χ0n) is 9.74. The molecule has 0 radical (unpaired) electrons. The normalized spacial score (nSPS) is 49.6. The van der Waals surface area contributed by atoms with Crippen molar-refractivity contribution in [1.29, 1.82) is 0 Å². The number of rotatable bonds is 3. The van der Waals surface area contributed by atoms with E-state index in [4.69, 9.17) is 10.5 Å². The van der Waals surface area contributed by atoms with Crippen LogP contribution in [0.3, 0.4) is 0 Å². The minimum absolute atomic E-state index is 0.122. The van der Waals surface area contributed by atoms with E-state index < -0.39 is 0 Å². The molecule has 0 aromatic rings. The van der Waals surface area contributed by atoms with Crippen LogP contribution in [-0.2, 0) is 4.74 Å². The fourth-order valence-electron chi connectivity index (χ4n) is 3.63. The number of nitrogens with two attached hydrogens (primary N) is 1. The smallest absolute Gasteiger partial charge is 0.0580 e. The molecule has 2 N–H and O–H groups in total. The number of ether oxygens (including phenoxy) is 1. The van der Waals surface area contributed by atoms with Crippen molar-refractivity contribution in [3.8, 4) is 0 Å². The molecule has 0 aromatic heterocycles. The number of fused-ring (bicyclic) bond motifs is 1. The van der Waals surface area contributed by atoms with Crippen LogP contribution < -0.4 is 5.73 Å². The molecule has 4 atom stereocenters. The summed E-state index contributed by atoms with van der Waals surface area (Å²) in [5, 5.41) is 0. The van der Waals surface area contributed by atoms with Gasteiger partial charge in [-0.15, -0.1) is 0 Å². The summed E-state index contributed by atoms with van der Waals surface area (Å²) in [6.45, 7) is 3.25. The highest BCUT2D eigenvalue weighted by Gasteiger charge is 2.45. The first-order valence-electron chi connectivity index (χ1n) is 6.53. The summed E-state index contributed by atoms with van der Waals surface area (Å²) in [7, 11) is 0. The Labute approximate surface area is 92.6 Å². The predicted molar refractivity (Wildman–Crippen MR) is 60.5 cm³/mol. The largest absolute Gasteiger partial charge is 0.378 e. The van der Waals surface area contributed by atoms with Gasteiger partial charge in [-0.05, 0) is 63.2 Å². The van der Waals surface area contributed by atoms with Gasteiger partial charge in [-0.1, -0.05) is 0 Å². The summed E-state index contributed by atoms with van der Waals surface area (Å²) >= 11 is 0. The van der Waals surface area contributed by atoms with E-state index in [0.717, 1.165) is 24.4 Å². The predicted octanol–water partition coefficient (Wildman–Crippen LogP) is 2.32. The first-order chi connectivity index (χ1) is 7.12. The maximum atomic E-state index is 6.20. The molecule has 0 aliphatic heterocycles. The summed E-state index contributed by atoms with van der Waals surface area (Å²) in [5.41, 5.74) is 6.33. The molecule has 3 aliphatic rings. The zero-order chi connectivity index (χ0) is 10.5. The van der Waals surface area contributed by atoms with Gasteiger partial charge in [0.2, 0.25) is 0 Å². The molecule has 2 nitrogen and oxygen atoms in total. The maximum absolute atomic E-state index is 6.20. The van der Waals surface area contributed by atoms with Gasteiger partial charge in [-0.25, -0.2) is 0 Å². The Morgan fingerprint density at radius 2 is 1.80 bits per heavy atom. The second-order valence-electron chi connectivity index (χ2n) is 6.45. The molecule has 3 aliphatic carbocycles. The average molecular weight is 209 g/mol. The molecule has 3 saturated carbocycles. The summed E-state index contributed by atoms with van der Waals surface area (Å²) in [6, 6.07) is 0. The van der Waals surface area contributed by atoms with Crippen molar-refractivity contribution in [2.24, 2.45) is 23.5 Å². The Hall–Kier alpha value is -0.0800. The first-order valence-corrected chi connectivity index (χ1v) is 6.53. The highest BCUT2D eigenvalue weighted by molar-refractivity contribution is 5.00. The highest BCUT2D eigenvalue weighted by atomic mass is 16.5. The van der Waals surface area contributed by atoms with Crippen LogP contribution in [-0.4, -0.2) is 18.2 Å². The lowest BCUT2D eigenvalue weighted by Gasteiger charge is -2.20. The molecular formula is C13H23NO. The van der Waals surface area contributed by atoms with E-state index in [9.17, 15) is 0 Å². The number of hydrogen-bond acceptors (Lipinski definition) is 2. The van der Waals surface area contributed by atoms with E-state index >= 15 is 0 Å². The van der Waals surface area contributed by atoms with Gasteiger partial charge in [0.15, 0.2) is 0 Å². The van der Waals surface area contributed by atoms with Gasteiger partial charge in [0.05, 0.1) is 6.10 Å². The van der Waals surface area contributed by atoms with Crippen LogP contribution in [0.2, 0.25) is 0 Å². The lowest BCUT2D eigenvalue weighted by atomic mass is 9.97. The molecule has 0 unspecified atom stereocenters. The Balaban J connectivity index is 1.48. The molecule has 15 heavy (non-hydrogen) atoms. The van der Waals surface area contributed by atoms with Crippen LogP contribution in [0, 0.1) is 17.8 Å². The Kier molecular flexibility index (Phi) is 2.33. The second-order valence-corrected chi connectivity index (χ2v) is 6.45. The second kappa shape index (κ2) is 3.46. The van der Waals surface area contributed by atoms with Gasteiger partial charge in [-0.2, -0.15) is 0 Å². The summed E-state index contributed by atoms with van der Waals surface area (Å²) in [6.07, 6.45) is 8.38. The average Bonchev–Trinajstić information content (AvgIpc) is 2.82. The molecule has 0 amide bonds. The Bertz CT molecular complexity index is 231. The quantitative estimate of drug-likeness (QED) is 0.774. The highest BCUT2D eigenvalue weighted by Crippen LogP contribution is 2.48. The lowest BCUT2D eigenvalue weighted by molar-refractivity contribution is 0.0439. The van der Waals surface area contributed by atoms with Gasteiger partial charge in [0.25, 0.3) is 0 Å². The maximum Gasteiger partial charge on any atom is 0.0580 e. The van der Waals surface area contributed by atoms with Crippen molar-refractivity contribution in [2.45, 2.75) is 57.1 Å². The van der Waals surface area contributed by atoms with E-state index in [0.29, 0.717) is 6.10 Å². The minimum atomic E-state index is 0.122. The van der Waals surface area contributed by atoms with E-state index in [1.54, 1.807) is 0 Å². The zero-order valence-corrected chi connectivity index (χ0v) is 9.74. The third-order valence-electron chi connectivity index (χ3n) is 4.52. The van der Waals surface area contributed by atoms with Crippen LogP contribution in [0.1, 0.15) is 45.4 Å². The van der Waals surface area contributed by atoms with Crippen molar-refractivity contribution >= 4 is 0 Å². The standard InChI is InChI=1S/C13H23NO/c1-13(14)6-10-4-12(5-11(10)7-13)15-8-9-2-3-9/h9-12H,2-8,14H2,1H3/t10-,11+,12-,13-. The fourth-order valence-corrected chi connectivity index (χ4v) is 3.63. The van der Waals surface area contributed by atoms with Gasteiger partial charge < -0.3 is 10.5 Å². The van der Waals surface area contributed by atoms with E-state index in [1.807, 2.05) is 0 Å². The Morgan fingerprint density at radius 1 is 1.20 bits per heavy atom. The lowest BCUT2D eigenvalue weighted by Crippen LogP contribution is -2.33. The third-order valence-corrected chi connectivity index (χ3v) is 4.52. The van der Waals surface area contributed by atoms with Crippen LogP contribution in [0.15, 0.2) is 0 Å². The molecule has 0 saturated heterocycles. The van der Waals surface area contributed by atoms with Gasteiger partial charge in [0, 0.05) is 12.1 Å². The molecule has 3 fully saturated rings. The van der Waals surface area contributed by atoms with E-state index in [-0.39, 0.29) is 5.54 Å². The summed E-state index contributed by atoms with van der Waals surface area (Å²) in [5.74, 6) is 2.64. The topological polar surface area (TPSA) is 35.2 Å². The number of hydrogen-bond donors (Lipinski definition) is 1. The fraction of sp³-hybridized carbons (Fsp3) is 1.00. The van der Waals surface area contributed by atoms with Crippen molar-refractivity contribution in [3.05, 3.63) is 0 Å². The SMILES string of the molecule is C[C@@]1(N)C[C@H]2C[C@@H](OCC3CC3)C[C@H]2C1. The van der Waals surface area contributed by atoms with Crippen molar-refractivity contribution in [3.63, 3.8) is 0 Å².